The lowest BCUT2D eigenvalue weighted by atomic mass is 10.1. The number of carbonyl (C=O) groups is 1. The molecule has 0 saturated heterocycles. The van der Waals surface area contributed by atoms with Crippen molar-refractivity contribution in [3.8, 4) is 5.75 Å². The lowest BCUT2D eigenvalue weighted by Gasteiger charge is -2.17. The Balaban J connectivity index is 1.89. The molecule has 150 valence electrons. The topological polar surface area (TPSA) is 75.7 Å². The highest BCUT2D eigenvalue weighted by Crippen LogP contribution is 2.38. The monoisotopic (exact) mass is 414 g/mol. The average Bonchev–Trinajstić information content (AvgIpc) is 3.04. The summed E-state index contributed by atoms with van der Waals surface area (Å²) in [6.07, 6.45) is -3.04. The number of hydrogen-bond donors (Lipinski definition) is 1. The number of benzene rings is 2. The van der Waals surface area contributed by atoms with Crippen LogP contribution in [0.15, 0.2) is 36.4 Å². The SMILES string of the molecule is COc1ccc(NC(=O)c2ccc3c(c2)N(S(C)(=O)=O)CC3)cc1C(F)(F)F. The standard InChI is InChI=1S/C18H17F3N2O4S/c1-27-16-6-5-13(10-14(16)18(19,20)21)22-17(24)12-4-3-11-7-8-23(15(11)9-12)28(2,25)26/h3-6,9-10H,7-8H2,1-2H3,(H,22,24). The number of halogens is 3. The third-order valence-corrected chi connectivity index (χ3v) is 5.54. The summed E-state index contributed by atoms with van der Waals surface area (Å²) in [6, 6.07) is 7.77. The van der Waals surface area contributed by atoms with Gasteiger partial charge in [0.05, 0.1) is 24.6 Å². The predicted molar refractivity (Wildman–Crippen MR) is 98.3 cm³/mol. The molecule has 2 aromatic carbocycles. The third-order valence-electron chi connectivity index (χ3n) is 4.36. The first kappa shape index (κ1) is 20.0. The van der Waals surface area contributed by atoms with E-state index in [2.05, 4.69) is 5.32 Å². The molecule has 1 aliphatic heterocycles. The van der Waals surface area contributed by atoms with Gasteiger partial charge in [0, 0.05) is 17.8 Å². The molecule has 0 fully saturated rings. The zero-order chi connectivity index (χ0) is 20.7. The highest BCUT2D eigenvalue weighted by atomic mass is 32.2. The summed E-state index contributed by atoms with van der Waals surface area (Å²) in [5.74, 6) is -1.01. The van der Waals surface area contributed by atoms with Crippen molar-refractivity contribution in [2.45, 2.75) is 12.6 Å². The second kappa shape index (κ2) is 7.01. The van der Waals surface area contributed by atoms with Gasteiger partial charge in [0.2, 0.25) is 10.0 Å². The maximum atomic E-state index is 13.1. The second-order valence-electron chi connectivity index (χ2n) is 6.30. The minimum absolute atomic E-state index is 0.0569. The van der Waals surface area contributed by atoms with Gasteiger partial charge < -0.3 is 10.1 Å². The molecular weight excluding hydrogens is 397 g/mol. The van der Waals surface area contributed by atoms with Crippen molar-refractivity contribution in [2.75, 3.05) is 29.5 Å². The molecular formula is C18H17F3N2O4S. The summed E-state index contributed by atoms with van der Waals surface area (Å²) in [6.45, 7) is 0.284. The molecule has 6 nitrogen and oxygen atoms in total. The summed E-state index contributed by atoms with van der Waals surface area (Å²) >= 11 is 0. The summed E-state index contributed by atoms with van der Waals surface area (Å²) in [7, 11) is -2.36. The number of ether oxygens (including phenoxy) is 1. The Bertz CT molecular complexity index is 1040. The van der Waals surface area contributed by atoms with Crippen LogP contribution in [0.2, 0.25) is 0 Å². The third kappa shape index (κ3) is 3.91. The molecule has 1 heterocycles. The van der Waals surface area contributed by atoms with Crippen LogP contribution in [0.4, 0.5) is 24.5 Å². The number of fused-ring (bicyclic) bond motifs is 1. The van der Waals surface area contributed by atoms with E-state index in [0.29, 0.717) is 12.1 Å². The van der Waals surface area contributed by atoms with E-state index >= 15 is 0 Å². The Morgan fingerprint density at radius 3 is 2.50 bits per heavy atom. The summed E-state index contributed by atoms with van der Waals surface area (Å²) in [5, 5.41) is 2.40. The molecule has 1 N–H and O–H groups in total. The smallest absolute Gasteiger partial charge is 0.420 e. The number of methoxy groups -OCH3 is 1. The number of rotatable bonds is 4. The van der Waals surface area contributed by atoms with Crippen LogP contribution in [0.5, 0.6) is 5.75 Å². The van der Waals surface area contributed by atoms with E-state index in [-0.39, 0.29) is 23.5 Å². The van der Waals surface area contributed by atoms with Crippen molar-refractivity contribution in [1.29, 1.82) is 0 Å². The zero-order valence-corrected chi connectivity index (χ0v) is 15.8. The maximum Gasteiger partial charge on any atom is 0.420 e. The van der Waals surface area contributed by atoms with E-state index in [9.17, 15) is 26.4 Å². The van der Waals surface area contributed by atoms with Gasteiger partial charge in [-0.05, 0) is 42.3 Å². The Morgan fingerprint density at radius 1 is 1.18 bits per heavy atom. The van der Waals surface area contributed by atoms with E-state index in [1.54, 1.807) is 6.07 Å². The summed E-state index contributed by atoms with van der Waals surface area (Å²) in [5.41, 5.74) is 0.258. The lowest BCUT2D eigenvalue weighted by Crippen LogP contribution is -2.27. The molecule has 0 bridgehead atoms. The number of nitrogens with zero attached hydrogens (tertiary/aromatic N) is 1. The Hall–Kier alpha value is -2.75. The molecule has 1 amide bonds. The molecule has 28 heavy (non-hydrogen) atoms. The fourth-order valence-corrected chi connectivity index (χ4v) is 4.00. The van der Waals surface area contributed by atoms with Crippen LogP contribution in [-0.2, 0) is 22.6 Å². The molecule has 0 unspecified atom stereocenters. The largest absolute Gasteiger partial charge is 0.496 e. The average molecular weight is 414 g/mol. The molecule has 0 aliphatic carbocycles. The van der Waals surface area contributed by atoms with Gasteiger partial charge in [-0.3, -0.25) is 9.10 Å². The van der Waals surface area contributed by atoms with Gasteiger partial charge in [0.15, 0.2) is 0 Å². The number of amides is 1. The van der Waals surface area contributed by atoms with Crippen molar-refractivity contribution >= 4 is 27.3 Å². The Morgan fingerprint density at radius 2 is 1.89 bits per heavy atom. The fraction of sp³-hybridized carbons (Fsp3) is 0.278. The van der Waals surface area contributed by atoms with E-state index < -0.39 is 27.7 Å². The molecule has 10 heteroatoms. The molecule has 1 aliphatic rings. The second-order valence-corrected chi connectivity index (χ2v) is 8.20. The van der Waals surface area contributed by atoms with Crippen molar-refractivity contribution < 1.29 is 31.1 Å². The molecule has 0 radical (unpaired) electrons. The molecule has 2 aromatic rings. The van der Waals surface area contributed by atoms with Gasteiger partial charge in [-0.15, -0.1) is 0 Å². The molecule has 0 spiro atoms. The quantitative estimate of drug-likeness (QED) is 0.833. The Kier molecular flexibility index (Phi) is 5.00. The Labute approximate surface area is 160 Å². The van der Waals surface area contributed by atoms with Crippen LogP contribution in [0.25, 0.3) is 0 Å². The number of nitrogens with one attached hydrogen (secondary N) is 1. The van der Waals surface area contributed by atoms with E-state index in [1.165, 1.54) is 22.5 Å². The highest BCUT2D eigenvalue weighted by Gasteiger charge is 2.34. The van der Waals surface area contributed by atoms with Crippen LogP contribution in [0, 0.1) is 0 Å². The van der Waals surface area contributed by atoms with Gasteiger partial charge in [0.25, 0.3) is 5.91 Å². The van der Waals surface area contributed by atoms with Crippen molar-refractivity contribution in [3.05, 3.63) is 53.1 Å². The van der Waals surface area contributed by atoms with Crippen molar-refractivity contribution in [1.82, 2.24) is 0 Å². The van der Waals surface area contributed by atoms with Crippen LogP contribution >= 0.6 is 0 Å². The van der Waals surface area contributed by atoms with Crippen molar-refractivity contribution in [2.24, 2.45) is 0 Å². The summed E-state index contributed by atoms with van der Waals surface area (Å²) < 4.78 is 69.0. The molecule has 0 aromatic heterocycles. The predicted octanol–water partition coefficient (Wildman–Crippen LogP) is 3.29. The van der Waals surface area contributed by atoms with Gasteiger partial charge >= 0.3 is 6.18 Å². The highest BCUT2D eigenvalue weighted by molar-refractivity contribution is 7.92. The normalized spacial score (nSPS) is 14.0. The maximum absolute atomic E-state index is 13.1. The number of sulfonamides is 1. The number of alkyl halides is 3. The molecule has 0 saturated carbocycles. The van der Waals surface area contributed by atoms with Crippen molar-refractivity contribution in [3.63, 3.8) is 0 Å². The van der Waals surface area contributed by atoms with Crippen LogP contribution in [0.3, 0.4) is 0 Å². The first-order chi connectivity index (χ1) is 13.0. The van der Waals surface area contributed by atoms with E-state index in [1.807, 2.05) is 0 Å². The number of anilines is 2. The number of hydrogen-bond acceptors (Lipinski definition) is 4. The number of carbonyl (C=O) groups excluding carboxylic acids is 1. The van der Waals surface area contributed by atoms with Crippen LogP contribution in [0.1, 0.15) is 21.5 Å². The minimum atomic E-state index is -4.64. The lowest BCUT2D eigenvalue weighted by molar-refractivity contribution is -0.138. The first-order valence-electron chi connectivity index (χ1n) is 8.18. The van der Waals surface area contributed by atoms with Crippen LogP contribution < -0.4 is 14.4 Å². The van der Waals surface area contributed by atoms with Gasteiger partial charge in [-0.25, -0.2) is 8.42 Å². The first-order valence-corrected chi connectivity index (χ1v) is 10.0. The van der Waals surface area contributed by atoms with Gasteiger partial charge in [-0.1, -0.05) is 6.07 Å². The molecule has 0 atom stereocenters. The fourth-order valence-electron chi connectivity index (χ4n) is 3.05. The van der Waals surface area contributed by atoms with Gasteiger partial charge in [0.1, 0.15) is 5.75 Å². The van der Waals surface area contributed by atoms with E-state index in [4.69, 9.17) is 4.74 Å². The minimum Gasteiger partial charge on any atom is -0.496 e. The van der Waals surface area contributed by atoms with E-state index in [0.717, 1.165) is 31.1 Å². The van der Waals surface area contributed by atoms with Crippen LogP contribution in [-0.4, -0.2) is 34.2 Å². The summed E-state index contributed by atoms with van der Waals surface area (Å²) in [4.78, 5) is 12.5. The molecule has 3 rings (SSSR count). The zero-order valence-electron chi connectivity index (χ0n) is 15.0. The van der Waals surface area contributed by atoms with Gasteiger partial charge in [-0.2, -0.15) is 13.2 Å².